The number of aromatic nitrogens is 2. The minimum absolute atomic E-state index is 0.162. The maximum Gasteiger partial charge on any atom is 0.416 e. The van der Waals surface area contributed by atoms with Crippen molar-refractivity contribution in [1.29, 1.82) is 0 Å². The first-order chi connectivity index (χ1) is 13.9. The minimum Gasteiger partial charge on any atom is -0.377 e. The van der Waals surface area contributed by atoms with Gasteiger partial charge in [0, 0.05) is 12.6 Å². The molecule has 3 heterocycles. The molecule has 0 amide bonds. The zero-order valence-corrected chi connectivity index (χ0v) is 15.8. The predicted molar refractivity (Wildman–Crippen MR) is 103 cm³/mol. The molecular formula is C22H19F3N2O2. The first-order valence-corrected chi connectivity index (χ1v) is 9.27. The molecule has 0 atom stereocenters. The highest BCUT2D eigenvalue weighted by atomic mass is 19.4. The summed E-state index contributed by atoms with van der Waals surface area (Å²) in [5, 5.41) is 0. The first kappa shape index (κ1) is 19.4. The molecule has 7 heteroatoms. The molecule has 1 aliphatic rings. The van der Waals surface area contributed by atoms with Gasteiger partial charge in [-0.15, -0.1) is 0 Å². The van der Waals surface area contributed by atoms with Crippen molar-refractivity contribution in [2.75, 3.05) is 13.2 Å². The molecule has 1 aliphatic heterocycles. The Morgan fingerprint density at radius 1 is 1.24 bits per heavy atom. The van der Waals surface area contributed by atoms with Crippen LogP contribution in [0.15, 0.2) is 42.6 Å². The Balaban J connectivity index is 1.81. The largest absolute Gasteiger partial charge is 0.416 e. The number of hydrogen-bond acceptors (Lipinski definition) is 3. The number of ether oxygens (including phenoxy) is 1. The first-order valence-electron chi connectivity index (χ1n) is 9.27. The molecule has 0 spiro atoms. The van der Waals surface area contributed by atoms with E-state index in [2.05, 4.69) is 4.98 Å². The molecule has 4 rings (SSSR count). The van der Waals surface area contributed by atoms with Crippen LogP contribution in [0.1, 0.15) is 44.9 Å². The minimum atomic E-state index is -4.42. The van der Waals surface area contributed by atoms with Gasteiger partial charge in [0.05, 0.1) is 24.5 Å². The van der Waals surface area contributed by atoms with E-state index in [9.17, 15) is 18.0 Å². The van der Waals surface area contributed by atoms with E-state index in [1.54, 1.807) is 10.5 Å². The molecule has 0 fully saturated rings. The predicted octanol–water partition coefficient (Wildman–Crippen LogP) is 4.87. The van der Waals surface area contributed by atoms with E-state index in [4.69, 9.17) is 4.74 Å². The van der Waals surface area contributed by atoms with Gasteiger partial charge in [-0.05, 0) is 53.8 Å². The van der Waals surface area contributed by atoms with Crippen molar-refractivity contribution in [3.63, 3.8) is 0 Å². The summed E-state index contributed by atoms with van der Waals surface area (Å²) < 4.78 is 47.0. The fourth-order valence-electron chi connectivity index (χ4n) is 3.72. The summed E-state index contributed by atoms with van der Waals surface area (Å²) in [5.41, 5.74) is 3.54. The van der Waals surface area contributed by atoms with Crippen LogP contribution in [0.5, 0.6) is 0 Å². The van der Waals surface area contributed by atoms with Gasteiger partial charge in [-0.2, -0.15) is 13.2 Å². The van der Waals surface area contributed by atoms with Crippen LogP contribution >= 0.6 is 0 Å². The SMILES string of the molecule is Cc1c(Cc2c(C=O)nc3ccc(C4=CCOCC4)cn23)cccc1C(F)(F)F. The van der Waals surface area contributed by atoms with Gasteiger partial charge in [0.2, 0.25) is 0 Å². The van der Waals surface area contributed by atoms with E-state index < -0.39 is 11.7 Å². The molecule has 29 heavy (non-hydrogen) atoms. The van der Waals surface area contributed by atoms with Crippen LogP contribution in [0, 0.1) is 6.92 Å². The van der Waals surface area contributed by atoms with Crippen molar-refractivity contribution in [2.45, 2.75) is 25.9 Å². The number of hydrogen-bond donors (Lipinski definition) is 0. The zero-order chi connectivity index (χ0) is 20.6. The Kier molecular flexibility index (Phi) is 5.00. The van der Waals surface area contributed by atoms with Gasteiger partial charge < -0.3 is 9.14 Å². The van der Waals surface area contributed by atoms with Gasteiger partial charge in [-0.3, -0.25) is 4.79 Å². The lowest BCUT2D eigenvalue weighted by Crippen LogP contribution is -2.10. The van der Waals surface area contributed by atoms with Gasteiger partial charge >= 0.3 is 6.18 Å². The summed E-state index contributed by atoms with van der Waals surface area (Å²) in [5.74, 6) is 0. The number of halogens is 3. The van der Waals surface area contributed by atoms with Crippen LogP contribution in [0.2, 0.25) is 0 Å². The lowest BCUT2D eigenvalue weighted by molar-refractivity contribution is -0.138. The van der Waals surface area contributed by atoms with E-state index in [0.717, 1.165) is 23.6 Å². The van der Waals surface area contributed by atoms with Gasteiger partial charge in [0.15, 0.2) is 6.29 Å². The summed E-state index contributed by atoms with van der Waals surface area (Å²) in [6.45, 7) is 2.65. The Morgan fingerprint density at radius 3 is 2.76 bits per heavy atom. The van der Waals surface area contributed by atoms with Crippen molar-refractivity contribution in [3.05, 3.63) is 76.2 Å². The molecule has 0 saturated heterocycles. The normalized spacial score (nSPS) is 14.8. The second-order valence-corrected chi connectivity index (χ2v) is 7.03. The second kappa shape index (κ2) is 7.48. The Hall–Kier alpha value is -2.93. The van der Waals surface area contributed by atoms with E-state index in [-0.39, 0.29) is 17.7 Å². The van der Waals surface area contributed by atoms with E-state index in [1.165, 1.54) is 13.0 Å². The third-order valence-corrected chi connectivity index (χ3v) is 5.30. The molecule has 4 nitrogen and oxygen atoms in total. The molecule has 0 unspecified atom stereocenters. The molecule has 0 saturated carbocycles. The zero-order valence-electron chi connectivity index (χ0n) is 15.8. The third kappa shape index (κ3) is 3.70. The molecule has 0 bridgehead atoms. The van der Waals surface area contributed by atoms with Gasteiger partial charge in [0.1, 0.15) is 11.3 Å². The summed E-state index contributed by atoms with van der Waals surface area (Å²) in [6.07, 6.45) is 1.09. The lowest BCUT2D eigenvalue weighted by Gasteiger charge is -2.15. The number of benzene rings is 1. The van der Waals surface area contributed by atoms with Crippen LogP contribution in [0.3, 0.4) is 0 Å². The maximum atomic E-state index is 13.3. The lowest BCUT2D eigenvalue weighted by atomic mass is 9.98. The standard InChI is InChI=1S/C22H19F3N2O2/c1-14-16(3-2-4-18(14)22(23,24)25)11-20-19(13-28)26-21-6-5-17(12-27(20)21)15-7-9-29-10-8-15/h2-7,12-13H,8-11H2,1H3. The highest BCUT2D eigenvalue weighted by molar-refractivity contribution is 5.77. The van der Waals surface area contributed by atoms with Gasteiger partial charge in [-0.25, -0.2) is 4.98 Å². The Bertz CT molecular complexity index is 1110. The van der Waals surface area contributed by atoms with E-state index >= 15 is 0 Å². The number of rotatable bonds is 4. The van der Waals surface area contributed by atoms with Crippen molar-refractivity contribution < 1.29 is 22.7 Å². The molecule has 0 aliphatic carbocycles. The van der Waals surface area contributed by atoms with Crippen molar-refractivity contribution in [2.24, 2.45) is 0 Å². The van der Waals surface area contributed by atoms with E-state index in [1.807, 2.05) is 24.4 Å². The highest BCUT2D eigenvalue weighted by Gasteiger charge is 2.33. The fourth-order valence-corrected chi connectivity index (χ4v) is 3.72. The molecular weight excluding hydrogens is 381 g/mol. The topological polar surface area (TPSA) is 43.6 Å². The van der Waals surface area contributed by atoms with E-state index in [0.29, 0.717) is 36.4 Å². The molecule has 1 aromatic carbocycles. The summed E-state index contributed by atoms with van der Waals surface area (Å²) in [6, 6.07) is 7.88. The number of pyridine rings is 1. The number of carbonyl (C=O) groups excluding carboxylic acids is 1. The van der Waals surface area contributed by atoms with Crippen LogP contribution in [0.4, 0.5) is 13.2 Å². The van der Waals surface area contributed by atoms with Crippen LogP contribution < -0.4 is 0 Å². The monoisotopic (exact) mass is 400 g/mol. The number of carbonyl (C=O) groups is 1. The second-order valence-electron chi connectivity index (χ2n) is 7.03. The molecule has 150 valence electrons. The fraction of sp³-hybridized carbons (Fsp3) is 0.273. The van der Waals surface area contributed by atoms with Crippen LogP contribution in [-0.4, -0.2) is 28.9 Å². The summed E-state index contributed by atoms with van der Waals surface area (Å²) in [4.78, 5) is 15.9. The van der Waals surface area contributed by atoms with Crippen LogP contribution in [-0.2, 0) is 17.3 Å². The summed E-state index contributed by atoms with van der Waals surface area (Å²) >= 11 is 0. The average Bonchev–Trinajstić information content (AvgIpc) is 3.06. The number of imidazole rings is 1. The van der Waals surface area contributed by atoms with Gasteiger partial charge in [-0.1, -0.05) is 18.2 Å². The highest BCUT2D eigenvalue weighted by Crippen LogP contribution is 2.34. The molecule has 0 radical (unpaired) electrons. The molecule has 2 aromatic heterocycles. The number of aldehydes is 1. The van der Waals surface area contributed by atoms with Crippen molar-refractivity contribution in [1.82, 2.24) is 9.38 Å². The number of alkyl halides is 3. The number of nitrogens with zero attached hydrogens (tertiary/aromatic N) is 2. The molecule has 0 N–H and O–H groups in total. The quantitative estimate of drug-likeness (QED) is 0.587. The average molecular weight is 400 g/mol. The maximum absolute atomic E-state index is 13.3. The summed E-state index contributed by atoms with van der Waals surface area (Å²) in [7, 11) is 0. The van der Waals surface area contributed by atoms with Crippen LogP contribution in [0.25, 0.3) is 11.2 Å². The molecule has 3 aromatic rings. The third-order valence-electron chi connectivity index (χ3n) is 5.30. The van der Waals surface area contributed by atoms with Gasteiger partial charge in [0.25, 0.3) is 0 Å². The Morgan fingerprint density at radius 2 is 2.07 bits per heavy atom. The Labute approximate surface area is 165 Å². The number of fused-ring (bicyclic) bond motifs is 1. The van der Waals surface area contributed by atoms with Crippen molar-refractivity contribution in [3.8, 4) is 0 Å². The van der Waals surface area contributed by atoms with Crippen molar-refractivity contribution >= 4 is 17.5 Å². The smallest absolute Gasteiger partial charge is 0.377 e.